The number of rotatable bonds is 3. The van der Waals surface area contributed by atoms with Crippen LogP contribution in [0.5, 0.6) is 17.2 Å². The summed E-state index contributed by atoms with van der Waals surface area (Å²) < 4.78 is 11.0. The van der Waals surface area contributed by atoms with Crippen molar-refractivity contribution in [2.24, 2.45) is 5.73 Å². The van der Waals surface area contributed by atoms with E-state index in [1.807, 2.05) is 0 Å². The minimum atomic E-state index is -1.16. The van der Waals surface area contributed by atoms with Gasteiger partial charge in [0.05, 0.1) is 18.2 Å². The van der Waals surface area contributed by atoms with Gasteiger partial charge in [-0.2, -0.15) is 0 Å². The lowest BCUT2D eigenvalue weighted by molar-refractivity contribution is -0.138. The van der Waals surface area contributed by atoms with Crippen LogP contribution in [0.25, 0.3) is 0 Å². The highest BCUT2D eigenvalue weighted by atomic mass is 35.5. The number of benzene rings is 1. The topological polar surface area (TPSA) is 102 Å². The van der Waals surface area contributed by atoms with Crippen LogP contribution in [0.1, 0.15) is 12.0 Å². The Morgan fingerprint density at radius 3 is 2.84 bits per heavy atom. The zero-order valence-electron chi connectivity index (χ0n) is 10.1. The van der Waals surface area contributed by atoms with Crippen LogP contribution in [0, 0.1) is 0 Å². The predicted octanol–water partition coefficient (Wildman–Crippen LogP) is 1.16. The summed E-state index contributed by atoms with van der Waals surface area (Å²) in [7, 11) is 0. The third-order valence-electron chi connectivity index (χ3n) is 2.80. The van der Waals surface area contributed by atoms with Gasteiger partial charge in [-0.3, -0.25) is 4.79 Å². The van der Waals surface area contributed by atoms with Crippen LogP contribution in [-0.4, -0.2) is 35.4 Å². The molecule has 1 atom stereocenters. The van der Waals surface area contributed by atoms with Crippen molar-refractivity contribution in [3.63, 3.8) is 0 Å². The van der Waals surface area contributed by atoms with E-state index in [2.05, 4.69) is 0 Å². The lowest BCUT2D eigenvalue weighted by atomic mass is 10.0. The van der Waals surface area contributed by atoms with Crippen LogP contribution in [0.2, 0.25) is 5.02 Å². The molecule has 0 saturated heterocycles. The van der Waals surface area contributed by atoms with E-state index in [0.717, 1.165) is 0 Å². The summed E-state index contributed by atoms with van der Waals surface area (Å²) in [5.74, 6) is -0.672. The molecule has 1 aliphatic rings. The summed E-state index contributed by atoms with van der Waals surface area (Å²) in [5.41, 5.74) is 5.75. The molecule has 104 valence electrons. The van der Waals surface area contributed by atoms with E-state index in [0.29, 0.717) is 31.1 Å². The standard InChI is InChI=1S/C12H14ClNO5/c13-7-5-9-11(19-3-1-2-18-9)6(10(7)15)4-8(14)12(16)17/h5,8,15H,1-4,14H2,(H,16,17). The Hall–Kier alpha value is -1.66. The van der Waals surface area contributed by atoms with Gasteiger partial charge in [-0.25, -0.2) is 0 Å². The summed E-state index contributed by atoms with van der Waals surface area (Å²) in [5, 5.41) is 18.9. The van der Waals surface area contributed by atoms with Crippen molar-refractivity contribution in [1.82, 2.24) is 0 Å². The van der Waals surface area contributed by atoms with E-state index < -0.39 is 12.0 Å². The monoisotopic (exact) mass is 287 g/mol. The summed E-state index contributed by atoms with van der Waals surface area (Å²) in [6.45, 7) is 0.891. The third-order valence-corrected chi connectivity index (χ3v) is 3.09. The second kappa shape index (κ2) is 5.54. The van der Waals surface area contributed by atoms with Gasteiger partial charge < -0.3 is 25.4 Å². The zero-order chi connectivity index (χ0) is 14.0. The fourth-order valence-corrected chi connectivity index (χ4v) is 2.04. The number of aliphatic carboxylic acids is 1. The third kappa shape index (κ3) is 2.85. The highest BCUT2D eigenvalue weighted by molar-refractivity contribution is 6.32. The smallest absolute Gasteiger partial charge is 0.320 e. The number of carboxylic acids is 1. The Bertz CT molecular complexity index is 505. The van der Waals surface area contributed by atoms with Crippen LogP contribution in [0.4, 0.5) is 0 Å². The van der Waals surface area contributed by atoms with Gasteiger partial charge in [-0.1, -0.05) is 11.6 Å². The van der Waals surface area contributed by atoms with Gasteiger partial charge in [0, 0.05) is 24.5 Å². The molecule has 0 aliphatic carbocycles. The molecule has 1 aromatic carbocycles. The van der Waals surface area contributed by atoms with Gasteiger partial charge >= 0.3 is 5.97 Å². The minimum Gasteiger partial charge on any atom is -0.506 e. The number of nitrogens with two attached hydrogens (primary N) is 1. The van der Waals surface area contributed by atoms with Gasteiger partial charge in [0.25, 0.3) is 0 Å². The SMILES string of the molecule is NC(Cc1c(O)c(Cl)cc2c1OCCCO2)C(=O)O. The maximum absolute atomic E-state index is 10.8. The molecule has 0 spiro atoms. The minimum absolute atomic E-state index is 0.0804. The Kier molecular flexibility index (Phi) is 4.01. The maximum Gasteiger partial charge on any atom is 0.320 e. The fourth-order valence-electron chi connectivity index (χ4n) is 1.83. The van der Waals surface area contributed by atoms with E-state index in [1.54, 1.807) is 0 Å². The van der Waals surface area contributed by atoms with Crippen LogP contribution in [-0.2, 0) is 11.2 Å². The molecule has 19 heavy (non-hydrogen) atoms. The summed E-state index contributed by atoms with van der Waals surface area (Å²) in [6.07, 6.45) is 0.602. The summed E-state index contributed by atoms with van der Waals surface area (Å²) in [4.78, 5) is 10.8. The lowest BCUT2D eigenvalue weighted by Gasteiger charge is -2.16. The Balaban J connectivity index is 2.45. The molecule has 0 aromatic heterocycles. The van der Waals surface area contributed by atoms with E-state index in [-0.39, 0.29) is 22.8 Å². The second-order valence-electron chi connectivity index (χ2n) is 4.21. The molecule has 1 heterocycles. The van der Waals surface area contributed by atoms with E-state index in [4.69, 9.17) is 31.9 Å². The predicted molar refractivity (Wildman–Crippen MR) is 68.0 cm³/mol. The molecule has 0 amide bonds. The fraction of sp³-hybridized carbons (Fsp3) is 0.417. The highest BCUT2D eigenvalue weighted by Gasteiger charge is 2.25. The molecule has 0 saturated carbocycles. The molecule has 1 aromatic rings. The van der Waals surface area contributed by atoms with Crippen LogP contribution in [0.3, 0.4) is 0 Å². The van der Waals surface area contributed by atoms with E-state index in [1.165, 1.54) is 6.07 Å². The number of phenolic OH excluding ortho intramolecular Hbond substituents is 1. The number of phenols is 1. The first-order valence-electron chi connectivity index (χ1n) is 5.79. The van der Waals surface area contributed by atoms with Crippen molar-refractivity contribution in [2.45, 2.75) is 18.9 Å². The quantitative estimate of drug-likeness (QED) is 0.771. The Morgan fingerprint density at radius 2 is 2.16 bits per heavy atom. The first-order chi connectivity index (χ1) is 9.00. The van der Waals surface area contributed by atoms with Gasteiger partial charge in [0.1, 0.15) is 11.8 Å². The Labute approximate surface area is 114 Å². The average Bonchev–Trinajstić information content (AvgIpc) is 2.59. The number of hydrogen-bond acceptors (Lipinski definition) is 5. The zero-order valence-corrected chi connectivity index (χ0v) is 10.8. The largest absolute Gasteiger partial charge is 0.506 e. The number of aromatic hydroxyl groups is 1. The summed E-state index contributed by atoms with van der Waals surface area (Å²) >= 11 is 5.89. The molecule has 1 aliphatic heterocycles. The highest BCUT2D eigenvalue weighted by Crippen LogP contribution is 2.43. The maximum atomic E-state index is 10.8. The van der Waals surface area contributed by atoms with E-state index in [9.17, 15) is 9.90 Å². The molecule has 0 fully saturated rings. The lowest BCUT2D eigenvalue weighted by Crippen LogP contribution is -2.32. The first-order valence-corrected chi connectivity index (χ1v) is 6.17. The van der Waals surface area contributed by atoms with E-state index >= 15 is 0 Å². The molecular weight excluding hydrogens is 274 g/mol. The van der Waals surface area contributed by atoms with Crippen molar-refractivity contribution in [3.05, 3.63) is 16.7 Å². The molecule has 6 nitrogen and oxygen atoms in total. The molecular formula is C12H14ClNO5. The normalized spacial score (nSPS) is 15.7. The van der Waals surface area contributed by atoms with Crippen molar-refractivity contribution in [3.8, 4) is 17.2 Å². The molecule has 2 rings (SSSR count). The van der Waals surface area contributed by atoms with Crippen LogP contribution >= 0.6 is 11.6 Å². The molecule has 0 bridgehead atoms. The van der Waals surface area contributed by atoms with Crippen LogP contribution in [0.15, 0.2) is 6.07 Å². The van der Waals surface area contributed by atoms with Crippen molar-refractivity contribution in [2.75, 3.05) is 13.2 Å². The molecule has 7 heteroatoms. The molecule has 1 unspecified atom stereocenters. The number of fused-ring (bicyclic) bond motifs is 1. The van der Waals surface area contributed by atoms with Gasteiger partial charge in [0.15, 0.2) is 11.5 Å². The number of hydrogen-bond donors (Lipinski definition) is 3. The van der Waals surface area contributed by atoms with Crippen LogP contribution < -0.4 is 15.2 Å². The number of carboxylic acid groups (broad SMARTS) is 1. The number of halogens is 1. The summed E-state index contributed by atoms with van der Waals surface area (Å²) in [6, 6.07) is 0.299. The van der Waals surface area contributed by atoms with Crippen molar-refractivity contribution < 1.29 is 24.5 Å². The average molecular weight is 288 g/mol. The molecule has 4 N–H and O–H groups in total. The van der Waals surface area contributed by atoms with Crippen molar-refractivity contribution >= 4 is 17.6 Å². The van der Waals surface area contributed by atoms with Gasteiger partial charge in [-0.05, 0) is 0 Å². The van der Waals surface area contributed by atoms with Gasteiger partial charge in [-0.15, -0.1) is 0 Å². The number of ether oxygens (including phenoxy) is 2. The van der Waals surface area contributed by atoms with Gasteiger partial charge in [0.2, 0.25) is 0 Å². The molecule has 0 radical (unpaired) electrons. The van der Waals surface area contributed by atoms with Crippen molar-refractivity contribution in [1.29, 1.82) is 0 Å². The second-order valence-corrected chi connectivity index (χ2v) is 4.62. The first kappa shape index (κ1) is 13.8. The number of carbonyl (C=O) groups is 1. The Morgan fingerprint density at radius 1 is 1.47 bits per heavy atom.